The van der Waals surface area contributed by atoms with Crippen LogP contribution in [0, 0.1) is 0 Å². The van der Waals surface area contributed by atoms with Gasteiger partial charge in [-0.2, -0.15) is 0 Å². The number of carbonyl (C=O) groups excluding carboxylic acids is 2. The summed E-state index contributed by atoms with van der Waals surface area (Å²) in [5.41, 5.74) is 4.85. The minimum Gasteiger partial charge on any atom is -0.400 e. The number of aliphatic hydroxyl groups is 1. The van der Waals surface area contributed by atoms with Gasteiger partial charge in [0.15, 0.2) is 0 Å². The average Bonchev–Trinajstić information content (AvgIpc) is 2.20. The highest BCUT2D eigenvalue weighted by Crippen LogP contribution is 1.65. The van der Waals surface area contributed by atoms with E-state index in [1.54, 1.807) is 7.05 Å². The lowest BCUT2D eigenvalue weighted by molar-refractivity contribution is -0.123. The van der Waals surface area contributed by atoms with E-state index in [-0.39, 0.29) is 24.8 Å². The standard InChI is InChI=1S/C6H12N2O2.C2H7N.CH4O/c1-5(9)3-8-6(10)4-7-2;1-2-3;1-2/h7H,3-4H2,1-2H3,(H,8,10);2-3H2,1H3;2H,1H3. The van der Waals surface area contributed by atoms with E-state index in [9.17, 15) is 9.59 Å². The van der Waals surface area contributed by atoms with Gasteiger partial charge in [0.1, 0.15) is 5.78 Å². The van der Waals surface area contributed by atoms with Crippen molar-refractivity contribution in [3.05, 3.63) is 0 Å². The molecule has 0 fully saturated rings. The first kappa shape index (κ1) is 19.6. The summed E-state index contributed by atoms with van der Waals surface area (Å²) in [6.45, 7) is 4.47. The molecule has 0 unspecified atom stereocenters. The zero-order chi connectivity index (χ0) is 12.7. The molecule has 0 aromatic heterocycles. The predicted octanol–water partition coefficient (Wildman–Crippen LogP) is -1.52. The van der Waals surface area contributed by atoms with E-state index in [2.05, 4.69) is 10.6 Å². The first-order valence-electron chi connectivity index (χ1n) is 4.64. The van der Waals surface area contributed by atoms with Crippen LogP contribution in [0.4, 0.5) is 0 Å². The second-order valence-electron chi connectivity index (χ2n) is 2.42. The Morgan fingerprint density at radius 2 is 1.67 bits per heavy atom. The maximum Gasteiger partial charge on any atom is 0.234 e. The molecule has 0 aromatic carbocycles. The van der Waals surface area contributed by atoms with Crippen molar-refractivity contribution in [2.75, 3.05) is 33.8 Å². The Labute approximate surface area is 91.2 Å². The van der Waals surface area contributed by atoms with Gasteiger partial charge in [-0.05, 0) is 20.5 Å². The minimum absolute atomic E-state index is 0.0375. The zero-order valence-electron chi connectivity index (χ0n) is 9.96. The van der Waals surface area contributed by atoms with E-state index in [4.69, 9.17) is 10.8 Å². The van der Waals surface area contributed by atoms with Crippen molar-refractivity contribution in [1.29, 1.82) is 0 Å². The third-order valence-electron chi connectivity index (χ3n) is 0.872. The van der Waals surface area contributed by atoms with Gasteiger partial charge in [-0.1, -0.05) is 6.92 Å². The molecule has 0 saturated carbocycles. The quantitative estimate of drug-likeness (QED) is 0.462. The van der Waals surface area contributed by atoms with Gasteiger partial charge in [0.2, 0.25) is 5.91 Å². The molecule has 0 spiro atoms. The summed E-state index contributed by atoms with van der Waals surface area (Å²) < 4.78 is 0. The summed E-state index contributed by atoms with van der Waals surface area (Å²) in [5.74, 6) is -0.192. The summed E-state index contributed by atoms with van der Waals surface area (Å²) in [4.78, 5) is 20.9. The zero-order valence-corrected chi connectivity index (χ0v) is 9.96. The van der Waals surface area contributed by atoms with E-state index in [1.165, 1.54) is 6.92 Å². The van der Waals surface area contributed by atoms with E-state index < -0.39 is 0 Å². The first-order chi connectivity index (χ1) is 7.08. The number of carbonyl (C=O) groups is 2. The largest absolute Gasteiger partial charge is 0.400 e. The topological polar surface area (TPSA) is 104 Å². The molecule has 6 nitrogen and oxygen atoms in total. The summed E-state index contributed by atoms with van der Waals surface area (Å²) in [6.07, 6.45) is 0. The molecule has 1 amide bonds. The highest BCUT2D eigenvalue weighted by Gasteiger charge is 1.98. The lowest BCUT2D eigenvalue weighted by Crippen LogP contribution is -2.34. The van der Waals surface area contributed by atoms with Crippen LogP contribution in [0.25, 0.3) is 0 Å². The Morgan fingerprint density at radius 3 is 1.93 bits per heavy atom. The number of likely N-dealkylation sites (N-methyl/N-ethyl adjacent to an activating group) is 1. The number of nitrogens with two attached hydrogens (primary N) is 1. The third kappa shape index (κ3) is 32.1. The van der Waals surface area contributed by atoms with Gasteiger partial charge in [-0.3, -0.25) is 9.59 Å². The van der Waals surface area contributed by atoms with Gasteiger partial charge < -0.3 is 21.5 Å². The second kappa shape index (κ2) is 18.7. The van der Waals surface area contributed by atoms with Crippen molar-refractivity contribution in [2.24, 2.45) is 5.73 Å². The SMILES string of the molecule is CCN.CNCC(=O)NCC(C)=O.CO. The fourth-order valence-corrected chi connectivity index (χ4v) is 0.446. The molecule has 5 N–H and O–H groups in total. The van der Waals surface area contributed by atoms with Gasteiger partial charge >= 0.3 is 0 Å². The van der Waals surface area contributed by atoms with Crippen LogP contribution < -0.4 is 16.4 Å². The maximum atomic E-state index is 10.6. The molecule has 0 heterocycles. The van der Waals surface area contributed by atoms with Crippen molar-refractivity contribution in [3.63, 3.8) is 0 Å². The molecule has 0 aromatic rings. The molecule has 6 heteroatoms. The van der Waals surface area contributed by atoms with Crippen molar-refractivity contribution in [1.82, 2.24) is 10.6 Å². The van der Waals surface area contributed by atoms with Gasteiger partial charge in [0.25, 0.3) is 0 Å². The number of ketones is 1. The van der Waals surface area contributed by atoms with Crippen LogP contribution in [-0.2, 0) is 9.59 Å². The minimum atomic E-state index is -0.155. The fourth-order valence-electron chi connectivity index (χ4n) is 0.446. The predicted molar refractivity (Wildman–Crippen MR) is 60.5 cm³/mol. The molecular formula is C9H23N3O3. The van der Waals surface area contributed by atoms with Crippen LogP contribution in [0.2, 0.25) is 0 Å². The molecular weight excluding hydrogens is 198 g/mol. The van der Waals surface area contributed by atoms with Crippen LogP contribution >= 0.6 is 0 Å². The number of rotatable bonds is 4. The van der Waals surface area contributed by atoms with Crippen molar-refractivity contribution < 1.29 is 14.7 Å². The number of hydrogen-bond donors (Lipinski definition) is 4. The maximum absolute atomic E-state index is 10.6. The van der Waals surface area contributed by atoms with Gasteiger partial charge in [-0.25, -0.2) is 0 Å². The van der Waals surface area contributed by atoms with Gasteiger partial charge in [0.05, 0.1) is 13.1 Å². The molecule has 0 aliphatic heterocycles. The average molecular weight is 221 g/mol. The van der Waals surface area contributed by atoms with Crippen LogP contribution in [0.15, 0.2) is 0 Å². The summed E-state index contributed by atoms with van der Waals surface area (Å²) >= 11 is 0. The third-order valence-corrected chi connectivity index (χ3v) is 0.872. The molecule has 0 aliphatic carbocycles. The molecule has 0 saturated heterocycles. The lowest BCUT2D eigenvalue weighted by atomic mass is 10.4. The number of aliphatic hydroxyl groups excluding tert-OH is 1. The Hall–Kier alpha value is -0.980. The summed E-state index contributed by atoms with van der Waals surface area (Å²) in [7, 11) is 2.67. The van der Waals surface area contributed by atoms with Crippen LogP contribution in [0.5, 0.6) is 0 Å². The Bertz CT molecular complexity index is 152. The van der Waals surface area contributed by atoms with E-state index >= 15 is 0 Å². The van der Waals surface area contributed by atoms with Crippen molar-refractivity contribution in [2.45, 2.75) is 13.8 Å². The number of amides is 1. The Balaban J connectivity index is -0.000000245. The van der Waals surface area contributed by atoms with Crippen LogP contribution in [0.3, 0.4) is 0 Å². The van der Waals surface area contributed by atoms with E-state index in [0.29, 0.717) is 0 Å². The van der Waals surface area contributed by atoms with Crippen LogP contribution in [0.1, 0.15) is 13.8 Å². The first-order valence-corrected chi connectivity index (χ1v) is 4.64. The second-order valence-corrected chi connectivity index (χ2v) is 2.42. The van der Waals surface area contributed by atoms with Crippen molar-refractivity contribution in [3.8, 4) is 0 Å². The number of Topliss-reactive ketones (excluding diaryl/α,β-unsaturated/α-hetero) is 1. The monoisotopic (exact) mass is 221 g/mol. The normalized spacial score (nSPS) is 7.60. The lowest BCUT2D eigenvalue weighted by Gasteiger charge is -1.99. The van der Waals surface area contributed by atoms with E-state index in [0.717, 1.165) is 13.7 Å². The summed E-state index contributed by atoms with van der Waals surface area (Å²) in [6, 6.07) is 0. The fraction of sp³-hybridized carbons (Fsp3) is 0.778. The molecule has 0 rings (SSSR count). The summed E-state index contributed by atoms with van der Waals surface area (Å²) in [5, 5.41) is 12.1. The Morgan fingerprint density at radius 1 is 1.27 bits per heavy atom. The van der Waals surface area contributed by atoms with Crippen molar-refractivity contribution >= 4 is 11.7 Å². The van der Waals surface area contributed by atoms with E-state index in [1.807, 2.05) is 6.92 Å². The van der Waals surface area contributed by atoms with Gasteiger partial charge in [0, 0.05) is 7.11 Å². The smallest absolute Gasteiger partial charge is 0.234 e. The highest BCUT2D eigenvalue weighted by molar-refractivity contribution is 5.85. The Kier molecular flexibility index (Phi) is 24.4. The number of hydrogen-bond acceptors (Lipinski definition) is 5. The number of nitrogens with one attached hydrogen (secondary N) is 2. The molecule has 0 aliphatic rings. The molecule has 0 radical (unpaired) electrons. The van der Waals surface area contributed by atoms with Crippen LogP contribution in [-0.4, -0.2) is 50.6 Å². The van der Waals surface area contributed by atoms with Gasteiger partial charge in [-0.15, -0.1) is 0 Å². The molecule has 15 heavy (non-hydrogen) atoms. The highest BCUT2D eigenvalue weighted by atomic mass is 16.2. The molecule has 92 valence electrons. The molecule has 0 bridgehead atoms. The molecule has 0 atom stereocenters.